The van der Waals surface area contributed by atoms with Crippen LogP contribution in [0.5, 0.6) is 0 Å². The molecular formula is C8H16I. The SMILES string of the molecule is [CH2]C(C)C(I)CCCC. The van der Waals surface area contributed by atoms with E-state index in [1.807, 2.05) is 0 Å². The predicted molar refractivity (Wildman–Crippen MR) is 51.9 cm³/mol. The van der Waals surface area contributed by atoms with E-state index in [0.29, 0.717) is 5.92 Å². The molecule has 0 nitrogen and oxygen atoms in total. The van der Waals surface area contributed by atoms with Crippen molar-refractivity contribution in [1.29, 1.82) is 0 Å². The Morgan fingerprint density at radius 2 is 2.11 bits per heavy atom. The summed E-state index contributed by atoms with van der Waals surface area (Å²) < 4.78 is 0.780. The Hall–Kier alpha value is 0.730. The van der Waals surface area contributed by atoms with Gasteiger partial charge in [0.15, 0.2) is 0 Å². The van der Waals surface area contributed by atoms with E-state index < -0.39 is 0 Å². The van der Waals surface area contributed by atoms with Gasteiger partial charge in [-0.3, -0.25) is 0 Å². The molecule has 0 spiro atoms. The van der Waals surface area contributed by atoms with E-state index in [-0.39, 0.29) is 0 Å². The van der Waals surface area contributed by atoms with E-state index in [0.717, 1.165) is 3.92 Å². The molecule has 0 fully saturated rings. The summed E-state index contributed by atoms with van der Waals surface area (Å²) >= 11 is 2.49. The van der Waals surface area contributed by atoms with Gasteiger partial charge in [0.05, 0.1) is 0 Å². The van der Waals surface area contributed by atoms with E-state index in [4.69, 9.17) is 0 Å². The van der Waals surface area contributed by atoms with Gasteiger partial charge in [0.2, 0.25) is 0 Å². The van der Waals surface area contributed by atoms with E-state index in [1.54, 1.807) is 0 Å². The third-order valence-electron chi connectivity index (χ3n) is 1.45. The smallest absolute Gasteiger partial charge is 0.0135 e. The average molecular weight is 239 g/mol. The molecule has 0 aromatic carbocycles. The van der Waals surface area contributed by atoms with Crippen molar-refractivity contribution in [2.75, 3.05) is 0 Å². The minimum atomic E-state index is 0.608. The first-order chi connectivity index (χ1) is 4.18. The molecule has 0 aromatic heterocycles. The van der Waals surface area contributed by atoms with Gasteiger partial charge >= 0.3 is 0 Å². The van der Waals surface area contributed by atoms with Crippen LogP contribution in [0.2, 0.25) is 0 Å². The Morgan fingerprint density at radius 3 is 2.44 bits per heavy atom. The molecule has 2 atom stereocenters. The quantitative estimate of drug-likeness (QED) is 0.520. The highest BCUT2D eigenvalue weighted by molar-refractivity contribution is 14.1. The lowest BCUT2D eigenvalue weighted by Crippen LogP contribution is -2.06. The van der Waals surface area contributed by atoms with Crippen molar-refractivity contribution in [3.63, 3.8) is 0 Å². The number of hydrogen-bond donors (Lipinski definition) is 0. The van der Waals surface area contributed by atoms with Crippen molar-refractivity contribution in [2.24, 2.45) is 5.92 Å². The molecule has 0 aliphatic rings. The molecule has 0 saturated heterocycles. The van der Waals surface area contributed by atoms with Crippen LogP contribution in [0.15, 0.2) is 0 Å². The molecule has 1 radical (unpaired) electrons. The zero-order chi connectivity index (χ0) is 7.28. The van der Waals surface area contributed by atoms with Crippen molar-refractivity contribution < 1.29 is 0 Å². The molecule has 0 saturated carbocycles. The first-order valence-electron chi connectivity index (χ1n) is 3.65. The summed E-state index contributed by atoms with van der Waals surface area (Å²) in [5.74, 6) is 0.608. The summed E-state index contributed by atoms with van der Waals surface area (Å²) in [4.78, 5) is 0. The fourth-order valence-corrected chi connectivity index (χ4v) is 1.12. The molecule has 0 bridgehead atoms. The lowest BCUT2D eigenvalue weighted by molar-refractivity contribution is 0.608. The van der Waals surface area contributed by atoms with Crippen LogP contribution in [0.25, 0.3) is 0 Å². The Kier molecular flexibility index (Phi) is 5.96. The van der Waals surface area contributed by atoms with Crippen LogP contribution >= 0.6 is 22.6 Å². The monoisotopic (exact) mass is 239 g/mol. The first-order valence-corrected chi connectivity index (χ1v) is 4.90. The van der Waals surface area contributed by atoms with Gasteiger partial charge in [-0.2, -0.15) is 0 Å². The van der Waals surface area contributed by atoms with Gasteiger partial charge in [0, 0.05) is 3.92 Å². The third kappa shape index (κ3) is 5.19. The van der Waals surface area contributed by atoms with Crippen LogP contribution in [-0.4, -0.2) is 3.92 Å². The summed E-state index contributed by atoms with van der Waals surface area (Å²) in [5.41, 5.74) is 0. The van der Waals surface area contributed by atoms with Gasteiger partial charge in [0.1, 0.15) is 0 Å². The Bertz CT molecular complexity index is 59.6. The second kappa shape index (κ2) is 5.51. The van der Waals surface area contributed by atoms with Gasteiger partial charge in [-0.15, -0.1) is 0 Å². The molecule has 0 aliphatic heterocycles. The molecule has 0 aromatic rings. The lowest BCUT2D eigenvalue weighted by atomic mass is 10.1. The summed E-state index contributed by atoms with van der Waals surface area (Å²) in [6.07, 6.45) is 4.00. The van der Waals surface area contributed by atoms with Crippen LogP contribution in [0.1, 0.15) is 33.1 Å². The summed E-state index contributed by atoms with van der Waals surface area (Å²) in [6.45, 7) is 8.40. The van der Waals surface area contributed by atoms with Crippen molar-refractivity contribution in [2.45, 2.75) is 37.0 Å². The van der Waals surface area contributed by atoms with Gasteiger partial charge in [-0.05, 0) is 19.3 Å². The zero-order valence-corrected chi connectivity index (χ0v) is 8.52. The highest BCUT2D eigenvalue weighted by Crippen LogP contribution is 2.18. The minimum absolute atomic E-state index is 0.608. The average Bonchev–Trinajstić information content (AvgIpc) is 1.82. The van der Waals surface area contributed by atoms with Crippen LogP contribution < -0.4 is 0 Å². The molecule has 1 heteroatoms. The number of alkyl halides is 1. The Labute approximate surface area is 72.6 Å². The van der Waals surface area contributed by atoms with Gasteiger partial charge in [-0.25, -0.2) is 0 Å². The van der Waals surface area contributed by atoms with E-state index in [1.165, 1.54) is 19.3 Å². The van der Waals surface area contributed by atoms with Crippen molar-refractivity contribution in [3.8, 4) is 0 Å². The summed E-state index contributed by atoms with van der Waals surface area (Å²) in [6, 6.07) is 0. The van der Waals surface area contributed by atoms with E-state index in [2.05, 4.69) is 43.4 Å². The normalized spacial score (nSPS) is 14.3. The second-order valence-electron chi connectivity index (χ2n) is 2.64. The van der Waals surface area contributed by atoms with Crippen LogP contribution in [-0.2, 0) is 0 Å². The summed E-state index contributed by atoms with van der Waals surface area (Å²) in [7, 11) is 0. The van der Waals surface area contributed by atoms with Crippen LogP contribution in [0, 0.1) is 12.8 Å². The number of halogens is 1. The molecule has 0 amide bonds. The predicted octanol–water partition coefficient (Wildman–Crippen LogP) is 3.45. The molecule has 0 rings (SSSR count). The van der Waals surface area contributed by atoms with Gasteiger partial charge in [0.25, 0.3) is 0 Å². The zero-order valence-electron chi connectivity index (χ0n) is 6.36. The fourth-order valence-electron chi connectivity index (χ4n) is 0.684. The Balaban J connectivity index is 3.16. The molecule has 0 heterocycles. The maximum absolute atomic E-state index is 3.98. The number of hydrogen-bond acceptors (Lipinski definition) is 0. The lowest BCUT2D eigenvalue weighted by Gasteiger charge is -2.11. The summed E-state index contributed by atoms with van der Waals surface area (Å²) in [5, 5.41) is 0. The van der Waals surface area contributed by atoms with Crippen molar-refractivity contribution in [3.05, 3.63) is 6.92 Å². The van der Waals surface area contributed by atoms with Crippen molar-refractivity contribution in [1.82, 2.24) is 0 Å². The standard InChI is InChI=1S/C8H16I/c1-4-5-6-8(9)7(2)3/h7-8H,2,4-6H2,1,3H3. The molecule has 9 heavy (non-hydrogen) atoms. The van der Waals surface area contributed by atoms with E-state index >= 15 is 0 Å². The molecule has 2 unspecified atom stereocenters. The molecule has 0 N–H and O–H groups in total. The van der Waals surface area contributed by atoms with Gasteiger partial charge < -0.3 is 0 Å². The van der Waals surface area contributed by atoms with Crippen LogP contribution in [0.3, 0.4) is 0 Å². The highest BCUT2D eigenvalue weighted by Gasteiger charge is 2.06. The highest BCUT2D eigenvalue weighted by atomic mass is 127. The third-order valence-corrected chi connectivity index (χ3v) is 3.30. The number of rotatable bonds is 4. The first kappa shape index (κ1) is 9.73. The molecule has 55 valence electrons. The molecular weight excluding hydrogens is 223 g/mol. The molecule has 0 aliphatic carbocycles. The topological polar surface area (TPSA) is 0 Å². The largest absolute Gasteiger partial charge is 0.0823 e. The van der Waals surface area contributed by atoms with E-state index in [9.17, 15) is 0 Å². The number of unbranched alkanes of at least 4 members (excludes halogenated alkanes) is 1. The maximum atomic E-state index is 3.98. The Morgan fingerprint density at radius 1 is 1.56 bits per heavy atom. The second-order valence-corrected chi connectivity index (χ2v) is 4.24. The fraction of sp³-hybridized carbons (Fsp3) is 0.875. The maximum Gasteiger partial charge on any atom is 0.0135 e. The van der Waals surface area contributed by atoms with Crippen LogP contribution in [0.4, 0.5) is 0 Å². The van der Waals surface area contributed by atoms with Crippen molar-refractivity contribution >= 4 is 22.6 Å². The minimum Gasteiger partial charge on any atom is -0.0823 e. The van der Waals surface area contributed by atoms with Gasteiger partial charge in [-0.1, -0.05) is 49.3 Å².